The second-order valence-corrected chi connectivity index (χ2v) is 7.70. The summed E-state index contributed by atoms with van der Waals surface area (Å²) in [5, 5.41) is 15.2. The van der Waals surface area contributed by atoms with Crippen LogP contribution in [0.3, 0.4) is 0 Å². The maximum atomic E-state index is 10.9. The van der Waals surface area contributed by atoms with Crippen LogP contribution in [0, 0.1) is 0 Å². The summed E-state index contributed by atoms with van der Waals surface area (Å²) >= 11 is 0. The zero-order chi connectivity index (χ0) is 16.4. The fourth-order valence-corrected chi connectivity index (χ4v) is 5.22. The van der Waals surface area contributed by atoms with Gasteiger partial charge in [-0.3, -0.25) is 4.98 Å². The maximum absolute atomic E-state index is 10.9. The van der Waals surface area contributed by atoms with Crippen molar-refractivity contribution in [2.24, 2.45) is 0 Å². The number of nitrogens with zero attached hydrogens (tertiary/aromatic N) is 1. The predicted octanol–water partition coefficient (Wildman–Crippen LogP) is 3.70. The number of aromatic nitrogens is 1. The second-order valence-electron chi connectivity index (χ2n) is 5.51. The zero-order valence-corrected chi connectivity index (χ0v) is 13.9. The quantitative estimate of drug-likeness (QED) is 0.582. The normalized spacial score (nSPS) is 11.0. The molecule has 2 nitrogen and oxygen atoms in total. The number of phenols is 1. The minimum absolute atomic E-state index is 0.284. The van der Waals surface area contributed by atoms with Crippen LogP contribution in [0.1, 0.15) is 0 Å². The molecule has 4 aromatic rings. The van der Waals surface area contributed by atoms with E-state index in [1.165, 1.54) is 10.6 Å². The molecule has 0 radical (unpaired) electrons. The molecule has 1 aromatic heterocycles. The molecule has 4 rings (SSSR count). The van der Waals surface area contributed by atoms with Gasteiger partial charge in [0.15, 0.2) is 0 Å². The molecule has 3 aromatic carbocycles. The van der Waals surface area contributed by atoms with Crippen LogP contribution in [-0.4, -0.2) is 10.1 Å². The number of hydrogen-bond donors (Lipinski definition) is 1. The first kappa shape index (κ1) is 14.9. The highest BCUT2D eigenvalue weighted by Gasteiger charge is 2.21. The van der Waals surface area contributed by atoms with Crippen LogP contribution in [0.4, 0.5) is 0 Å². The summed E-state index contributed by atoms with van der Waals surface area (Å²) in [5.74, 6) is 0.284. The summed E-state index contributed by atoms with van der Waals surface area (Å²) in [7, 11) is -0.830. The van der Waals surface area contributed by atoms with E-state index >= 15 is 0 Å². The van der Waals surface area contributed by atoms with Gasteiger partial charge in [-0.15, -0.1) is 0 Å². The Kier molecular flexibility index (Phi) is 3.98. The summed E-state index contributed by atoms with van der Waals surface area (Å²) in [4.78, 5) is 4.37. The van der Waals surface area contributed by atoms with Crippen molar-refractivity contribution in [2.45, 2.75) is 0 Å². The van der Waals surface area contributed by atoms with Gasteiger partial charge >= 0.3 is 0 Å². The smallest absolute Gasteiger partial charge is 0.150 e. The van der Waals surface area contributed by atoms with Gasteiger partial charge in [-0.2, -0.15) is 0 Å². The van der Waals surface area contributed by atoms with E-state index in [9.17, 15) is 5.11 Å². The minimum Gasteiger partial charge on any atom is -0.505 e. The molecule has 24 heavy (non-hydrogen) atoms. The molecule has 116 valence electrons. The molecule has 0 fully saturated rings. The van der Waals surface area contributed by atoms with Gasteiger partial charge in [0.25, 0.3) is 0 Å². The van der Waals surface area contributed by atoms with Crippen molar-refractivity contribution in [2.75, 3.05) is 0 Å². The highest BCUT2D eigenvalue weighted by atomic mass is 31.1. The Balaban J connectivity index is 1.96. The van der Waals surface area contributed by atoms with Gasteiger partial charge in [-0.05, 0) is 30.7 Å². The van der Waals surface area contributed by atoms with Crippen LogP contribution in [0.15, 0.2) is 91.1 Å². The molecule has 0 bridgehead atoms. The third-order valence-electron chi connectivity index (χ3n) is 4.00. The minimum atomic E-state index is -0.830. The van der Waals surface area contributed by atoms with Crippen LogP contribution < -0.4 is 15.9 Å². The first-order valence-electron chi connectivity index (χ1n) is 7.81. The van der Waals surface area contributed by atoms with E-state index in [0.29, 0.717) is 5.52 Å². The highest BCUT2D eigenvalue weighted by molar-refractivity contribution is 7.80. The Bertz CT molecular complexity index is 931. The topological polar surface area (TPSA) is 33.1 Å². The molecule has 0 aliphatic heterocycles. The van der Waals surface area contributed by atoms with Crippen molar-refractivity contribution in [3.05, 3.63) is 91.1 Å². The average molecular weight is 329 g/mol. The molecule has 0 amide bonds. The molecule has 0 aliphatic rings. The molecule has 3 heteroatoms. The van der Waals surface area contributed by atoms with Gasteiger partial charge in [0.2, 0.25) is 0 Å². The number of aromatic hydroxyl groups is 1. The summed E-state index contributed by atoms with van der Waals surface area (Å²) in [6.45, 7) is 0. The molecule has 0 aliphatic carbocycles. The average Bonchev–Trinajstić information content (AvgIpc) is 2.66. The van der Waals surface area contributed by atoms with Crippen molar-refractivity contribution in [1.82, 2.24) is 4.98 Å². The third-order valence-corrected chi connectivity index (χ3v) is 6.47. The monoisotopic (exact) mass is 329 g/mol. The van der Waals surface area contributed by atoms with Gasteiger partial charge < -0.3 is 5.11 Å². The summed E-state index contributed by atoms with van der Waals surface area (Å²) in [6, 6.07) is 28.7. The Morgan fingerprint density at radius 3 is 1.92 bits per heavy atom. The number of pyridine rings is 1. The van der Waals surface area contributed by atoms with Crippen molar-refractivity contribution in [3.63, 3.8) is 0 Å². The molecule has 0 spiro atoms. The van der Waals surface area contributed by atoms with Crippen molar-refractivity contribution in [3.8, 4) is 5.75 Å². The second kappa shape index (κ2) is 6.43. The standard InChI is InChI=1S/C21H16NOP/c23-21-19(14-13-16-8-7-15-22-20(16)21)24(17-9-3-1-4-10-17)18-11-5-2-6-12-18/h1-15,23H. The number of hydrogen-bond acceptors (Lipinski definition) is 2. The highest BCUT2D eigenvalue weighted by Crippen LogP contribution is 2.38. The van der Waals surface area contributed by atoms with E-state index in [2.05, 4.69) is 29.2 Å². The fraction of sp³-hybridized carbons (Fsp3) is 0. The van der Waals surface area contributed by atoms with Crippen LogP contribution >= 0.6 is 7.92 Å². The van der Waals surface area contributed by atoms with Gasteiger partial charge in [-0.1, -0.05) is 72.8 Å². The Morgan fingerprint density at radius 2 is 1.29 bits per heavy atom. The Hall–Kier alpha value is -2.70. The van der Waals surface area contributed by atoms with Gasteiger partial charge in [0.05, 0.1) is 0 Å². The lowest BCUT2D eigenvalue weighted by atomic mass is 10.2. The van der Waals surface area contributed by atoms with E-state index in [4.69, 9.17) is 0 Å². The van der Waals surface area contributed by atoms with E-state index < -0.39 is 7.92 Å². The van der Waals surface area contributed by atoms with Crippen LogP contribution in [0.25, 0.3) is 10.9 Å². The third kappa shape index (κ3) is 2.66. The lowest BCUT2D eigenvalue weighted by Gasteiger charge is -2.20. The molecular formula is C21H16NOP. The summed E-state index contributed by atoms with van der Waals surface area (Å²) in [6.07, 6.45) is 1.72. The van der Waals surface area contributed by atoms with Crippen molar-refractivity contribution in [1.29, 1.82) is 0 Å². The lowest BCUT2D eigenvalue weighted by Crippen LogP contribution is -2.20. The van der Waals surface area contributed by atoms with Crippen LogP contribution in [0.5, 0.6) is 5.75 Å². The molecule has 0 saturated heterocycles. The Labute approximate surface area is 142 Å². The molecule has 0 saturated carbocycles. The summed E-state index contributed by atoms with van der Waals surface area (Å²) in [5.41, 5.74) is 0.661. The van der Waals surface area contributed by atoms with Crippen LogP contribution in [0.2, 0.25) is 0 Å². The fourth-order valence-electron chi connectivity index (χ4n) is 2.88. The molecule has 1 heterocycles. The molecule has 0 unspecified atom stereocenters. The van der Waals surface area contributed by atoms with Gasteiger partial charge in [-0.25, -0.2) is 0 Å². The maximum Gasteiger partial charge on any atom is 0.150 e. The predicted molar refractivity (Wildman–Crippen MR) is 102 cm³/mol. The van der Waals surface area contributed by atoms with E-state index in [1.807, 2.05) is 60.7 Å². The first-order valence-corrected chi connectivity index (χ1v) is 9.16. The largest absolute Gasteiger partial charge is 0.505 e. The van der Waals surface area contributed by atoms with Crippen molar-refractivity contribution >= 4 is 34.7 Å². The van der Waals surface area contributed by atoms with Crippen LogP contribution in [-0.2, 0) is 0 Å². The SMILES string of the molecule is Oc1c(P(c2ccccc2)c2ccccc2)ccc2cccnc12. The Morgan fingerprint density at radius 1 is 0.667 bits per heavy atom. The molecule has 1 N–H and O–H groups in total. The van der Waals surface area contributed by atoms with E-state index in [1.54, 1.807) is 6.20 Å². The number of rotatable bonds is 3. The van der Waals surface area contributed by atoms with Gasteiger partial charge in [0.1, 0.15) is 11.3 Å². The van der Waals surface area contributed by atoms with Crippen molar-refractivity contribution < 1.29 is 5.11 Å². The number of fused-ring (bicyclic) bond motifs is 1. The molecular weight excluding hydrogens is 313 g/mol. The first-order chi connectivity index (χ1) is 11.8. The lowest BCUT2D eigenvalue weighted by molar-refractivity contribution is 0.484. The van der Waals surface area contributed by atoms with E-state index in [-0.39, 0.29) is 5.75 Å². The molecule has 0 atom stereocenters. The summed E-state index contributed by atoms with van der Waals surface area (Å²) < 4.78 is 0. The number of benzene rings is 3. The number of phenolic OH excluding ortho intramolecular Hbond substituents is 1. The zero-order valence-electron chi connectivity index (χ0n) is 13.0. The van der Waals surface area contributed by atoms with Gasteiger partial charge in [0, 0.05) is 16.9 Å². The van der Waals surface area contributed by atoms with E-state index in [0.717, 1.165) is 10.7 Å².